The first kappa shape index (κ1) is 14.9. The second kappa shape index (κ2) is 6.82. The molecule has 4 heteroatoms. The number of hydrogen-bond donors (Lipinski definition) is 1. The smallest absolute Gasteiger partial charge is 0.194 e. The zero-order valence-corrected chi connectivity index (χ0v) is 13.2. The van der Waals surface area contributed by atoms with Crippen molar-refractivity contribution in [2.75, 3.05) is 19.6 Å². The molecule has 0 unspecified atom stereocenters. The van der Waals surface area contributed by atoms with Gasteiger partial charge in [0.1, 0.15) is 11.5 Å². The van der Waals surface area contributed by atoms with E-state index in [2.05, 4.69) is 30.1 Å². The Hall–Kier alpha value is -1.45. The maximum Gasteiger partial charge on any atom is 0.194 e. The van der Waals surface area contributed by atoms with E-state index < -0.39 is 0 Å². The van der Waals surface area contributed by atoms with Gasteiger partial charge in [0.25, 0.3) is 0 Å². The van der Waals surface area contributed by atoms with Gasteiger partial charge in [0.2, 0.25) is 0 Å². The number of nitrogens with zero attached hydrogens (tertiary/aromatic N) is 2. The Kier molecular flexibility index (Phi) is 5.10. The van der Waals surface area contributed by atoms with Crippen LogP contribution in [0.3, 0.4) is 0 Å². The fraction of sp³-hybridized carbons (Fsp3) is 0.688. The molecule has 112 valence electrons. The fourth-order valence-electron chi connectivity index (χ4n) is 2.65. The van der Waals surface area contributed by atoms with Gasteiger partial charge in [-0.2, -0.15) is 0 Å². The predicted molar refractivity (Wildman–Crippen MR) is 83.0 cm³/mol. The number of rotatable bonds is 3. The molecule has 0 radical (unpaired) electrons. The number of hydrogen-bond acceptors (Lipinski definition) is 2. The standard InChI is InChI=1S/C16H27N3O/c1-5-17-16(19-8-6-12(2)7-9-19)18-11-15-10-13(3)20-14(15)4/h10,12H,5-9,11H2,1-4H3,(H,17,18). The molecule has 4 nitrogen and oxygen atoms in total. The Morgan fingerprint density at radius 2 is 2.10 bits per heavy atom. The maximum absolute atomic E-state index is 5.56. The molecule has 0 amide bonds. The van der Waals surface area contributed by atoms with Gasteiger partial charge in [-0.1, -0.05) is 6.92 Å². The highest BCUT2D eigenvalue weighted by atomic mass is 16.3. The molecule has 20 heavy (non-hydrogen) atoms. The summed E-state index contributed by atoms with van der Waals surface area (Å²) in [6.07, 6.45) is 2.52. The highest BCUT2D eigenvalue weighted by Gasteiger charge is 2.18. The Balaban J connectivity index is 2.03. The van der Waals surface area contributed by atoms with E-state index in [9.17, 15) is 0 Å². The summed E-state index contributed by atoms with van der Waals surface area (Å²) in [6.45, 7) is 12.3. The van der Waals surface area contributed by atoms with Crippen LogP contribution in [-0.4, -0.2) is 30.5 Å². The Bertz CT molecular complexity index is 456. The van der Waals surface area contributed by atoms with Gasteiger partial charge in [-0.3, -0.25) is 0 Å². The number of likely N-dealkylation sites (tertiary alicyclic amines) is 1. The van der Waals surface area contributed by atoms with Crippen molar-refractivity contribution < 1.29 is 4.42 Å². The van der Waals surface area contributed by atoms with E-state index >= 15 is 0 Å². The molecule has 0 aromatic carbocycles. The molecule has 1 saturated heterocycles. The van der Waals surface area contributed by atoms with Crippen LogP contribution in [0.25, 0.3) is 0 Å². The van der Waals surface area contributed by atoms with Gasteiger partial charge < -0.3 is 14.6 Å². The summed E-state index contributed by atoms with van der Waals surface area (Å²) in [5.74, 6) is 3.82. The zero-order valence-electron chi connectivity index (χ0n) is 13.2. The molecular formula is C16H27N3O. The summed E-state index contributed by atoms with van der Waals surface area (Å²) >= 11 is 0. The first-order valence-corrected chi connectivity index (χ1v) is 7.69. The van der Waals surface area contributed by atoms with Gasteiger partial charge in [0.15, 0.2) is 5.96 Å². The molecular weight excluding hydrogens is 250 g/mol. The fourth-order valence-corrected chi connectivity index (χ4v) is 2.65. The molecule has 1 fully saturated rings. The van der Waals surface area contributed by atoms with Crippen LogP contribution in [0.15, 0.2) is 15.5 Å². The monoisotopic (exact) mass is 277 g/mol. The second-order valence-electron chi connectivity index (χ2n) is 5.78. The average Bonchev–Trinajstić information content (AvgIpc) is 2.74. The largest absolute Gasteiger partial charge is 0.466 e. The quantitative estimate of drug-likeness (QED) is 0.682. The molecule has 1 aliphatic rings. The van der Waals surface area contributed by atoms with E-state index in [1.807, 2.05) is 13.8 Å². The normalized spacial score (nSPS) is 17.6. The molecule has 0 saturated carbocycles. The lowest BCUT2D eigenvalue weighted by Gasteiger charge is -2.33. The van der Waals surface area contributed by atoms with E-state index in [1.165, 1.54) is 18.4 Å². The average molecular weight is 277 g/mol. The van der Waals surface area contributed by atoms with Crippen LogP contribution in [0.1, 0.15) is 43.8 Å². The highest BCUT2D eigenvalue weighted by molar-refractivity contribution is 5.80. The summed E-state index contributed by atoms with van der Waals surface area (Å²) in [6, 6.07) is 2.08. The van der Waals surface area contributed by atoms with Gasteiger partial charge in [0, 0.05) is 25.2 Å². The number of aliphatic imine (C=N–C) groups is 1. The van der Waals surface area contributed by atoms with Crippen LogP contribution in [0.5, 0.6) is 0 Å². The van der Waals surface area contributed by atoms with Crippen LogP contribution in [0.4, 0.5) is 0 Å². The highest BCUT2D eigenvalue weighted by Crippen LogP contribution is 2.17. The summed E-state index contributed by atoms with van der Waals surface area (Å²) in [4.78, 5) is 7.16. The number of furan rings is 1. The number of nitrogens with one attached hydrogen (secondary N) is 1. The minimum atomic E-state index is 0.692. The van der Waals surface area contributed by atoms with Crippen molar-refractivity contribution in [1.29, 1.82) is 0 Å². The number of guanidine groups is 1. The minimum Gasteiger partial charge on any atom is -0.466 e. The van der Waals surface area contributed by atoms with E-state index in [1.54, 1.807) is 0 Å². The van der Waals surface area contributed by atoms with Crippen LogP contribution < -0.4 is 5.32 Å². The molecule has 2 rings (SSSR count). The molecule has 0 bridgehead atoms. The predicted octanol–water partition coefficient (Wildman–Crippen LogP) is 3.09. The minimum absolute atomic E-state index is 0.692. The van der Waals surface area contributed by atoms with Crippen molar-refractivity contribution in [3.8, 4) is 0 Å². The van der Waals surface area contributed by atoms with Gasteiger partial charge in [-0.05, 0) is 45.6 Å². The van der Waals surface area contributed by atoms with Crippen molar-refractivity contribution in [2.24, 2.45) is 10.9 Å². The van der Waals surface area contributed by atoms with Crippen molar-refractivity contribution in [2.45, 2.75) is 47.1 Å². The second-order valence-corrected chi connectivity index (χ2v) is 5.78. The first-order chi connectivity index (χ1) is 9.60. The van der Waals surface area contributed by atoms with E-state index in [-0.39, 0.29) is 0 Å². The Morgan fingerprint density at radius 3 is 2.65 bits per heavy atom. The summed E-state index contributed by atoms with van der Waals surface area (Å²) < 4.78 is 5.56. The van der Waals surface area contributed by atoms with Crippen molar-refractivity contribution in [1.82, 2.24) is 10.2 Å². The van der Waals surface area contributed by atoms with Gasteiger partial charge in [0.05, 0.1) is 6.54 Å². The number of aryl methyl sites for hydroxylation is 2. The molecule has 1 aliphatic heterocycles. The number of piperidine rings is 1. The van der Waals surface area contributed by atoms with E-state index in [4.69, 9.17) is 9.41 Å². The molecule has 1 aromatic heterocycles. The Morgan fingerprint density at radius 1 is 1.40 bits per heavy atom. The van der Waals surface area contributed by atoms with E-state index in [0.29, 0.717) is 6.54 Å². The summed E-state index contributed by atoms with van der Waals surface area (Å²) in [5, 5.41) is 3.41. The van der Waals surface area contributed by atoms with Crippen LogP contribution >= 0.6 is 0 Å². The first-order valence-electron chi connectivity index (χ1n) is 7.69. The van der Waals surface area contributed by atoms with Crippen LogP contribution in [-0.2, 0) is 6.54 Å². The third kappa shape index (κ3) is 3.78. The lowest BCUT2D eigenvalue weighted by molar-refractivity contribution is 0.273. The summed E-state index contributed by atoms with van der Waals surface area (Å²) in [7, 11) is 0. The zero-order chi connectivity index (χ0) is 14.5. The van der Waals surface area contributed by atoms with Gasteiger partial charge >= 0.3 is 0 Å². The molecule has 1 N–H and O–H groups in total. The van der Waals surface area contributed by atoms with Crippen molar-refractivity contribution in [3.63, 3.8) is 0 Å². The SMILES string of the molecule is CCNC(=NCc1cc(C)oc1C)N1CCC(C)CC1. The van der Waals surface area contributed by atoms with Crippen LogP contribution in [0, 0.1) is 19.8 Å². The van der Waals surface area contributed by atoms with Crippen molar-refractivity contribution in [3.05, 3.63) is 23.2 Å². The van der Waals surface area contributed by atoms with Crippen LogP contribution in [0.2, 0.25) is 0 Å². The maximum atomic E-state index is 5.56. The lowest BCUT2D eigenvalue weighted by Crippen LogP contribution is -2.45. The van der Waals surface area contributed by atoms with Gasteiger partial charge in [-0.15, -0.1) is 0 Å². The molecule has 2 heterocycles. The topological polar surface area (TPSA) is 40.8 Å². The lowest BCUT2D eigenvalue weighted by atomic mass is 10.00. The molecule has 0 aliphatic carbocycles. The van der Waals surface area contributed by atoms with Gasteiger partial charge in [-0.25, -0.2) is 4.99 Å². The molecule has 0 spiro atoms. The van der Waals surface area contributed by atoms with E-state index in [0.717, 1.165) is 43.0 Å². The molecule has 1 aromatic rings. The molecule has 0 atom stereocenters. The Labute approximate surface area is 122 Å². The third-order valence-corrected chi connectivity index (χ3v) is 3.96. The third-order valence-electron chi connectivity index (χ3n) is 3.96. The summed E-state index contributed by atoms with van der Waals surface area (Å²) in [5.41, 5.74) is 1.18. The van der Waals surface area contributed by atoms with Crippen molar-refractivity contribution >= 4 is 5.96 Å².